The lowest BCUT2D eigenvalue weighted by atomic mass is 9.92. The number of nitrogens with zero attached hydrogens (tertiary/aromatic N) is 1. The Morgan fingerprint density at radius 2 is 1.94 bits per heavy atom. The van der Waals surface area contributed by atoms with Crippen molar-refractivity contribution in [1.82, 2.24) is 0 Å². The molecule has 0 amide bonds. The summed E-state index contributed by atoms with van der Waals surface area (Å²) >= 11 is 0. The van der Waals surface area contributed by atoms with Gasteiger partial charge in [-0.2, -0.15) is 0 Å². The SMILES string of the molecule is O=C1CCC(N2CCNc3ccccc32)CC1. The Balaban J connectivity index is 1.83. The van der Waals surface area contributed by atoms with Gasteiger partial charge >= 0.3 is 0 Å². The van der Waals surface area contributed by atoms with Crippen LogP contribution in [0.5, 0.6) is 0 Å². The van der Waals surface area contributed by atoms with Gasteiger partial charge in [0.15, 0.2) is 0 Å². The molecule has 0 radical (unpaired) electrons. The van der Waals surface area contributed by atoms with E-state index >= 15 is 0 Å². The molecule has 0 unspecified atom stereocenters. The quantitative estimate of drug-likeness (QED) is 0.804. The van der Waals surface area contributed by atoms with E-state index in [1.165, 1.54) is 11.4 Å². The number of nitrogens with one attached hydrogen (secondary N) is 1. The number of hydrogen-bond donors (Lipinski definition) is 1. The number of carbonyl (C=O) groups excluding carboxylic acids is 1. The fourth-order valence-electron chi connectivity index (χ4n) is 2.92. The molecule has 1 aromatic rings. The molecular weight excluding hydrogens is 212 g/mol. The number of hydrogen-bond acceptors (Lipinski definition) is 3. The van der Waals surface area contributed by atoms with Gasteiger partial charge in [0.2, 0.25) is 0 Å². The van der Waals surface area contributed by atoms with Gasteiger partial charge in [0.25, 0.3) is 0 Å². The normalized spacial score (nSPS) is 20.9. The maximum atomic E-state index is 11.3. The second-order valence-corrected chi connectivity index (χ2v) is 4.91. The third-order valence-corrected chi connectivity index (χ3v) is 3.84. The molecule has 2 aliphatic rings. The second-order valence-electron chi connectivity index (χ2n) is 4.91. The van der Waals surface area contributed by atoms with Gasteiger partial charge in [-0.3, -0.25) is 4.79 Å². The summed E-state index contributed by atoms with van der Waals surface area (Å²) in [6, 6.07) is 9.02. The minimum Gasteiger partial charge on any atom is -0.382 e. The zero-order chi connectivity index (χ0) is 11.7. The lowest BCUT2D eigenvalue weighted by Gasteiger charge is -2.39. The number of para-hydroxylation sites is 2. The van der Waals surface area contributed by atoms with Gasteiger partial charge in [-0.25, -0.2) is 0 Å². The fourth-order valence-corrected chi connectivity index (χ4v) is 2.92. The molecule has 1 saturated carbocycles. The van der Waals surface area contributed by atoms with Crippen LogP contribution in [0.15, 0.2) is 24.3 Å². The molecule has 1 fully saturated rings. The van der Waals surface area contributed by atoms with Crippen molar-refractivity contribution in [1.29, 1.82) is 0 Å². The molecule has 1 aromatic carbocycles. The minimum absolute atomic E-state index is 0.435. The van der Waals surface area contributed by atoms with Crippen LogP contribution in [0.1, 0.15) is 25.7 Å². The molecule has 1 N–H and O–H groups in total. The largest absolute Gasteiger partial charge is 0.382 e. The minimum atomic E-state index is 0.435. The Kier molecular flexibility index (Phi) is 2.75. The Morgan fingerprint density at radius 1 is 1.18 bits per heavy atom. The van der Waals surface area contributed by atoms with Crippen LogP contribution in [-0.2, 0) is 4.79 Å². The summed E-state index contributed by atoms with van der Waals surface area (Å²) in [6.45, 7) is 2.05. The first-order valence-corrected chi connectivity index (χ1v) is 6.46. The molecule has 0 atom stereocenters. The number of fused-ring (bicyclic) bond motifs is 1. The van der Waals surface area contributed by atoms with E-state index in [4.69, 9.17) is 0 Å². The van der Waals surface area contributed by atoms with Crippen LogP contribution in [0.3, 0.4) is 0 Å². The maximum absolute atomic E-state index is 11.3. The molecule has 3 rings (SSSR count). The Labute approximate surface area is 102 Å². The van der Waals surface area contributed by atoms with Crippen molar-refractivity contribution in [2.24, 2.45) is 0 Å². The van der Waals surface area contributed by atoms with Crippen LogP contribution < -0.4 is 10.2 Å². The summed E-state index contributed by atoms with van der Waals surface area (Å²) in [5.74, 6) is 0.435. The lowest BCUT2D eigenvalue weighted by molar-refractivity contribution is -0.120. The topological polar surface area (TPSA) is 32.3 Å². The summed E-state index contributed by atoms with van der Waals surface area (Å²) in [5, 5.41) is 3.43. The number of rotatable bonds is 1. The standard InChI is InChI=1S/C14H18N2O/c17-12-7-5-11(6-8-12)16-10-9-15-13-3-1-2-4-14(13)16/h1-4,11,15H,5-10H2. The van der Waals surface area contributed by atoms with E-state index in [0.717, 1.165) is 38.8 Å². The first-order valence-electron chi connectivity index (χ1n) is 6.46. The molecule has 0 spiro atoms. The van der Waals surface area contributed by atoms with Gasteiger partial charge in [0.05, 0.1) is 11.4 Å². The Morgan fingerprint density at radius 3 is 2.76 bits per heavy atom. The van der Waals surface area contributed by atoms with Crippen LogP contribution in [0.2, 0.25) is 0 Å². The lowest BCUT2D eigenvalue weighted by Crippen LogP contribution is -2.43. The summed E-state index contributed by atoms with van der Waals surface area (Å²) in [4.78, 5) is 13.8. The van der Waals surface area contributed by atoms with Crippen molar-refractivity contribution in [3.63, 3.8) is 0 Å². The molecule has 17 heavy (non-hydrogen) atoms. The summed E-state index contributed by atoms with van der Waals surface area (Å²) in [6.07, 6.45) is 3.56. The molecule has 1 aliphatic carbocycles. The zero-order valence-corrected chi connectivity index (χ0v) is 9.98. The predicted molar refractivity (Wildman–Crippen MR) is 69.5 cm³/mol. The van der Waals surface area contributed by atoms with Crippen LogP contribution in [0.25, 0.3) is 0 Å². The monoisotopic (exact) mass is 230 g/mol. The number of Topliss-reactive ketones (excluding diaryl/α,β-unsaturated/α-hetero) is 1. The molecule has 0 aromatic heterocycles. The molecule has 1 aliphatic heterocycles. The first kappa shape index (κ1) is 10.6. The highest BCUT2D eigenvalue weighted by Crippen LogP contribution is 2.33. The highest BCUT2D eigenvalue weighted by molar-refractivity contribution is 5.80. The number of ketones is 1. The molecule has 3 nitrogen and oxygen atoms in total. The molecule has 0 bridgehead atoms. The second kappa shape index (κ2) is 4.40. The van der Waals surface area contributed by atoms with Gasteiger partial charge in [-0.05, 0) is 25.0 Å². The van der Waals surface area contributed by atoms with Crippen molar-refractivity contribution in [2.75, 3.05) is 23.3 Å². The van der Waals surface area contributed by atoms with E-state index in [9.17, 15) is 4.79 Å². The Bertz CT molecular complexity index is 420. The molecule has 0 saturated heterocycles. The molecule has 3 heteroatoms. The van der Waals surface area contributed by atoms with Gasteiger partial charge in [-0.1, -0.05) is 12.1 Å². The molecule has 90 valence electrons. The third kappa shape index (κ3) is 2.02. The van der Waals surface area contributed by atoms with Crippen molar-refractivity contribution in [2.45, 2.75) is 31.7 Å². The van der Waals surface area contributed by atoms with Crippen LogP contribution in [-0.4, -0.2) is 24.9 Å². The maximum Gasteiger partial charge on any atom is 0.133 e. The van der Waals surface area contributed by atoms with Crippen LogP contribution in [0, 0.1) is 0 Å². The van der Waals surface area contributed by atoms with E-state index in [0.29, 0.717) is 11.8 Å². The summed E-state index contributed by atoms with van der Waals surface area (Å²) in [7, 11) is 0. The van der Waals surface area contributed by atoms with Gasteiger partial charge in [0, 0.05) is 32.0 Å². The van der Waals surface area contributed by atoms with Gasteiger partial charge in [-0.15, -0.1) is 0 Å². The molecule has 1 heterocycles. The van der Waals surface area contributed by atoms with E-state index in [1.54, 1.807) is 0 Å². The van der Waals surface area contributed by atoms with E-state index in [1.807, 2.05) is 0 Å². The number of anilines is 2. The summed E-state index contributed by atoms with van der Waals surface area (Å²) < 4.78 is 0. The average Bonchev–Trinajstić information content (AvgIpc) is 2.39. The van der Waals surface area contributed by atoms with Gasteiger partial charge in [0.1, 0.15) is 5.78 Å². The third-order valence-electron chi connectivity index (χ3n) is 3.84. The van der Waals surface area contributed by atoms with Crippen molar-refractivity contribution >= 4 is 17.2 Å². The zero-order valence-electron chi connectivity index (χ0n) is 9.98. The highest BCUT2D eigenvalue weighted by atomic mass is 16.1. The van der Waals surface area contributed by atoms with Gasteiger partial charge < -0.3 is 10.2 Å². The smallest absolute Gasteiger partial charge is 0.133 e. The van der Waals surface area contributed by atoms with E-state index < -0.39 is 0 Å². The summed E-state index contributed by atoms with van der Waals surface area (Å²) in [5.41, 5.74) is 2.54. The van der Waals surface area contributed by atoms with E-state index in [2.05, 4.69) is 34.5 Å². The highest BCUT2D eigenvalue weighted by Gasteiger charge is 2.27. The van der Waals surface area contributed by atoms with E-state index in [-0.39, 0.29) is 0 Å². The van der Waals surface area contributed by atoms with Crippen LogP contribution >= 0.6 is 0 Å². The van der Waals surface area contributed by atoms with Crippen LogP contribution in [0.4, 0.5) is 11.4 Å². The number of carbonyl (C=O) groups is 1. The predicted octanol–water partition coefficient (Wildman–Crippen LogP) is 2.43. The Hall–Kier alpha value is -1.51. The average molecular weight is 230 g/mol. The van der Waals surface area contributed by atoms with Crippen molar-refractivity contribution in [3.05, 3.63) is 24.3 Å². The van der Waals surface area contributed by atoms with Crippen molar-refractivity contribution in [3.8, 4) is 0 Å². The van der Waals surface area contributed by atoms with Crippen molar-refractivity contribution < 1.29 is 4.79 Å². The first-order chi connectivity index (χ1) is 8.34. The fraction of sp³-hybridized carbons (Fsp3) is 0.500. The number of benzene rings is 1. The molecular formula is C14H18N2O.